The van der Waals surface area contributed by atoms with Gasteiger partial charge in [0.05, 0.1) is 17.8 Å². The second-order valence-electron chi connectivity index (χ2n) is 9.50. The van der Waals surface area contributed by atoms with Crippen LogP contribution in [0.25, 0.3) is 10.8 Å². The Kier molecular flexibility index (Phi) is 11.7. The smallest absolute Gasteiger partial charge is 0.343 e. The highest BCUT2D eigenvalue weighted by Gasteiger charge is 2.35. The molecule has 2 aromatic rings. The van der Waals surface area contributed by atoms with Crippen LogP contribution in [0.1, 0.15) is 75.1 Å². The molecule has 0 fully saturated rings. The Labute approximate surface area is 223 Å². The van der Waals surface area contributed by atoms with Gasteiger partial charge in [-0.15, -0.1) is 11.8 Å². The number of fused-ring (bicyclic) bond motifs is 1. The van der Waals surface area contributed by atoms with Crippen molar-refractivity contribution < 1.29 is 29.6 Å². The van der Waals surface area contributed by atoms with Gasteiger partial charge in [-0.1, -0.05) is 81.2 Å². The largest absolute Gasteiger partial charge is 0.481 e. The van der Waals surface area contributed by atoms with E-state index < -0.39 is 24.1 Å². The summed E-state index contributed by atoms with van der Waals surface area (Å²) in [7, 11) is 0. The number of hydrogen-bond acceptors (Lipinski definition) is 6. The zero-order valence-electron chi connectivity index (χ0n) is 21.5. The van der Waals surface area contributed by atoms with Crippen LogP contribution >= 0.6 is 11.8 Å². The first kappa shape index (κ1) is 29.0. The van der Waals surface area contributed by atoms with Gasteiger partial charge < -0.3 is 20.1 Å². The van der Waals surface area contributed by atoms with Gasteiger partial charge >= 0.3 is 11.9 Å². The number of hydrogen-bond donors (Lipinski definition) is 3. The molecule has 3 N–H and O–H groups in total. The van der Waals surface area contributed by atoms with Crippen molar-refractivity contribution in [3.8, 4) is 0 Å². The number of thioether (sulfide) groups is 1. The zero-order chi connectivity index (χ0) is 26.6. The number of aliphatic hydroxyl groups excluding tert-OH is 2. The molecule has 0 aromatic heterocycles. The molecule has 37 heavy (non-hydrogen) atoms. The van der Waals surface area contributed by atoms with E-state index in [0.29, 0.717) is 24.2 Å². The lowest BCUT2D eigenvalue weighted by Gasteiger charge is -2.15. The van der Waals surface area contributed by atoms with Gasteiger partial charge in [-0.05, 0) is 41.9 Å². The summed E-state index contributed by atoms with van der Waals surface area (Å²) in [6, 6.07) is 13.2. The molecule has 0 unspecified atom stereocenters. The number of carbonyl (C=O) groups excluding carboxylic acids is 1. The van der Waals surface area contributed by atoms with E-state index in [1.54, 1.807) is 12.1 Å². The maximum atomic E-state index is 13.2. The Hall–Kier alpha value is -2.61. The lowest BCUT2D eigenvalue weighted by Crippen LogP contribution is -2.14. The normalized spacial score (nSPS) is 18.6. The van der Waals surface area contributed by atoms with Crippen LogP contribution in [-0.2, 0) is 9.53 Å². The highest BCUT2D eigenvalue weighted by atomic mass is 32.2. The average molecular weight is 527 g/mol. The molecule has 200 valence electrons. The molecule has 3 atom stereocenters. The monoisotopic (exact) mass is 526 g/mol. The summed E-state index contributed by atoms with van der Waals surface area (Å²) in [5.74, 6) is -0.418. The van der Waals surface area contributed by atoms with E-state index in [2.05, 4.69) is 6.92 Å². The van der Waals surface area contributed by atoms with Crippen LogP contribution in [0.2, 0.25) is 0 Å². The molecule has 0 spiro atoms. The summed E-state index contributed by atoms with van der Waals surface area (Å²) >= 11 is 1.54. The molecule has 0 aliphatic heterocycles. The topological polar surface area (TPSA) is 104 Å². The Morgan fingerprint density at radius 1 is 1.08 bits per heavy atom. The predicted molar refractivity (Wildman–Crippen MR) is 148 cm³/mol. The third-order valence-electron chi connectivity index (χ3n) is 6.55. The zero-order valence-corrected chi connectivity index (χ0v) is 22.3. The van der Waals surface area contributed by atoms with Crippen molar-refractivity contribution in [1.82, 2.24) is 0 Å². The van der Waals surface area contributed by atoms with Crippen LogP contribution in [0.4, 0.5) is 0 Å². The fourth-order valence-electron chi connectivity index (χ4n) is 4.52. The molecule has 0 saturated heterocycles. The van der Waals surface area contributed by atoms with Crippen LogP contribution in [0.15, 0.2) is 65.3 Å². The number of unbranched alkanes of at least 4 members (excludes halogenated alkanes) is 4. The number of ether oxygens (including phenoxy) is 1. The molecule has 0 amide bonds. The fraction of sp³-hybridized carbons (Fsp3) is 0.467. The van der Waals surface area contributed by atoms with Gasteiger partial charge in [0.15, 0.2) is 0 Å². The van der Waals surface area contributed by atoms with Gasteiger partial charge in [0.1, 0.15) is 5.76 Å². The highest BCUT2D eigenvalue weighted by Crippen LogP contribution is 2.42. The molecule has 0 saturated carbocycles. The number of rotatable bonds is 15. The minimum absolute atomic E-state index is 0.154. The number of carboxylic acids is 1. The van der Waals surface area contributed by atoms with Crippen LogP contribution in [0.5, 0.6) is 0 Å². The fourth-order valence-corrected chi connectivity index (χ4v) is 5.80. The van der Waals surface area contributed by atoms with Crippen molar-refractivity contribution in [2.24, 2.45) is 5.92 Å². The summed E-state index contributed by atoms with van der Waals surface area (Å²) in [5, 5.41) is 31.8. The highest BCUT2D eigenvalue weighted by molar-refractivity contribution is 8.03. The standard InChI is InChI=1S/C30H38O6S/c1-2-3-5-13-22(31)17-18-25-26(32)20-27(29(25)37-19-9-4-6-16-28(33)34)36-30(35)24-15-10-12-21-11-7-8-14-23(21)24/h7-8,10-12,14-15,17-18,22,25-26,31-32H,2-6,9,13,16,19-20H2,1H3,(H,33,34)/t22-,25-,26+/m0/s1. The second kappa shape index (κ2) is 15.0. The predicted octanol–water partition coefficient (Wildman–Crippen LogP) is 6.46. The lowest BCUT2D eigenvalue weighted by atomic mass is 10.0. The molecule has 3 rings (SSSR count). The number of benzene rings is 2. The van der Waals surface area contributed by atoms with Crippen LogP contribution in [0.3, 0.4) is 0 Å². The summed E-state index contributed by atoms with van der Waals surface area (Å²) < 4.78 is 5.90. The molecular weight excluding hydrogens is 488 g/mol. The number of aliphatic hydroxyl groups is 2. The van der Waals surface area contributed by atoms with Crippen molar-refractivity contribution in [1.29, 1.82) is 0 Å². The Morgan fingerprint density at radius 3 is 2.65 bits per heavy atom. The molecule has 1 aliphatic carbocycles. The van der Waals surface area contributed by atoms with Gasteiger partial charge in [-0.25, -0.2) is 4.79 Å². The lowest BCUT2D eigenvalue weighted by molar-refractivity contribution is -0.137. The SMILES string of the molecule is CCCCC[C@H](O)C=C[C@@H]1C(SCCCCCC(=O)O)=C(OC(=O)c2cccc3ccccc23)C[C@H]1O. The Bertz CT molecular complexity index is 1100. The van der Waals surface area contributed by atoms with Gasteiger partial charge in [0.25, 0.3) is 0 Å². The van der Waals surface area contributed by atoms with Crippen molar-refractivity contribution in [3.63, 3.8) is 0 Å². The summed E-state index contributed by atoms with van der Waals surface area (Å²) in [6.45, 7) is 2.12. The summed E-state index contributed by atoms with van der Waals surface area (Å²) in [6.07, 6.45) is 8.62. The van der Waals surface area contributed by atoms with E-state index in [9.17, 15) is 19.8 Å². The first-order valence-electron chi connectivity index (χ1n) is 13.2. The van der Waals surface area contributed by atoms with Crippen LogP contribution < -0.4 is 0 Å². The van der Waals surface area contributed by atoms with Crippen molar-refractivity contribution >= 4 is 34.5 Å². The number of aliphatic carboxylic acids is 1. The van der Waals surface area contributed by atoms with Gasteiger partial charge in [0, 0.05) is 23.7 Å². The summed E-state index contributed by atoms with van der Waals surface area (Å²) in [4.78, 5) is 24.8. The van der Waals surface area contributed by atoms with Gasteiger partial charge in [-0.3, -0.25) is 4.79 Å². The molecule has 0 radical (unpaired) electrons. The minimum atomic E-state index is -0.792. The summed E-state index contributed by atoms with van der Waals surface area (Å²) in [5.41, 5.74) is 0.475. The third-order valence-corrected chi connectivity index (χ3v) is 7.85. The Balaban J connectivity index is 1.76. The molecule has 1 aliphatic rings. The van der Waals surface area contributed by atoms with Crippen molar-refractivity contribution in [3.05, 3.63) is 70.8 Å². The molecule has 0 bridgehead atoms. The van der Waals surface area contributed by atoms with E-state index in [-0.39, 0.29) is 18.8 Å². The number of carbonyl (C=O) groups is 2. The maximum absolute atomic E-state index is 13.2. The van der Waals surface area contributed by atoms with E-state index in [1.165, 1.54) is 11.8 Å². The van der Waals surface area contributed by atoms with Crippen LogP contribution in [0, 0.1) is 5.92 Å². The van der Waals surface area contributed by atoms with E-state index in [0.717, 1.165) is 53.5 Å². The third kappa shape index (κ3) is 8.73. The minimum Gasteiger partial charge on any atom is -0.481 e. The quantitative estimate of drug-likeness (QED) is 0.139. The molecule has 6 nitrogen and oxygen atoms in total. The first-order valence-corrected chi connectivity index (χ1v) is 14.2. The van der Waals surface area contributed by atoms with E-state index in [4.69, 9.17) is 9.84 Å². The molecule has 2 aromatic carbocycles. The van der Waals surface area contributed by atoms with Gasteiger partial charge in [-0.2, -0.15) is 0 Å². The maximum Gasteiger partial charge on any atom is 0.343 e. The Morgan fingerprint density at radius 2 is 1.86 bits per heavy atom. The van der Waals surface area contributed by atoms with E-state index >= 15 is 0 Å². The van der Waals surface area contributed by atoms with Crippen LogP contribution in [-0.4, -0.2) is 45.2 Å². The van der Waals surface area contributed by atoms with Crippen molar-refractivity contribution in [2.45, 2.75) is 76.9 Å². The van der Waals surface area contributed by atoms with Crippen molar-refractivity contribution in [2.75, 3.05) is 5.75 Å². The van der Waals surface area contributed by atoms with Gasteiger partial charge in [0.2, 0.25) is 0 Å². The molecule has 0 heterocycles. The average Bonchev–Trinajstić information content (AvgIpc) is 3.17. The molecular formula is C30H38O6S. The number of carboxylic acid groups (broad SMARTS) is 1. The second-order valence-corrected chi connectivity index (χ2v) is 10.6. The van der Waals surface area contributed by atoms with E-state index in [1.807, 2.05) is 42.5 Å². The molecule has 7 heteroatoms. The number of esters is 1. The first-order chi connectivity index (χ1) is 17.9.